The van der Waals surface area contributed by atoms with E-state index in [9.17, 15) is 0 Å². The normalized spacial score (nSPS) is 13.6. The molecule has 1 aromatic carbocycles. The summed E-state index contributed by atoms with van der Waals surface area (Å²) >= 11 is 6.41. The van der Waals surface area contributed by atoms with Crippen molar-refractivity contribution in [1.82, 2.24) is 0 Å². The predicted octanol–water partition coefficient (Wildman–Crippen LogP) is 5.30. The SMILES string of the molecule is CCC(C)(C)c1ccc(C(Cl)c2ccoc2)cc1. The number of rotatable bonds is 4. The molecule has 0 saturated heterocycles. The fourth-order valence-corrected chi connectivity index (χ4v) is 2.19. The lowest BCUT2D eigenvalue weighted by molar-refractivity contribution is 0.506. The first kappa shape index (κ1) is 13.2. The highest BCUT2D eigenvalue weighted by molar-refractivity contribution is 6.22. The highest BCUT2D eigenvalue weighted by Gasteiger charge is 2.18. The Morgan fingerprint density at radius 1 is 1.11 bits per heavy atom. The van der Waals surface area contributed by atoms with Crippen LogP contribution in [0.15, 0.2) is 47.3 Å². The lowest BCUT2D eigenvalue weighted by atomic mass is 9.82. The molecule has 1 nitrogen and oxygen atoms in total. The predicted molar refractivity (Wildman–Crippen MR) is 76.2 cm³/mol. The van der Waals surface area contributed by atoms with E-state index in [1.807, 2.05) is 6.07 Å². The molecular formula is C16H19ClO. The zero-order valence-corrected chi connectivity index (χ0v) is 11.9. The minimum absolute atomic E-state index is 0.137. The van der Waals surface area contributed by atoms with E-state index >= 15 is 0 Å². The Kier molecular flexibility index (Phi) is 3.82. The molecule has 1 heterocycles. The molecule has 0 fully saturated rings. The molecule has 2 aromatic rings. The molecule has 0 bridgehead atoms. The Labute approximate surface area is 114 Å². The van der Waals surface area contributed by atoms with Gasteiger partial charge >= 0.3 is 0 Å². The second kappa shape index (κ2) is 5.19. The highest BCUT2D eigenvalue weighted by Crippen LogP contribution is 2.32. The van der Waals surface area contributed by atoms with Crippen molar-refractivity contribution in [2.75, 3.05) is 0 Å². The first-order valence-corrected chi connectivity index (χ1v) is 6.75. The second-order valence-electron chi connectivity index (χ2n) is 5.28. The van der Waals surface area contributed by atoms with Crippen LogP contribution in [0.4, 0.5) is 0 Å². The van der Waals surface area contributed by atoms with Crippen LogP contribution in [0.1, 0.15) is 49.3 Å². The molecule has 0 amide bonds. The number of halogens is 1. The summed E-state index contributed by atoms with van der Waals surface area (Å²) in [6.07, 6.45) is 4.47. The van der Waals surface area contributed by atoms with Crippen molar-refractivity contribution in [1.29, 1.82) is 0 Å². The molecule has 1 atom stereocenters. The molecule has 1 aromatic heterocycles. The Bertz CT molecular complexity index is 482. The van der Waals surface area contributed by atoms with Gasteiger partial charge in [0.2, 0.25) is 0 Å². The van der Waals surface area contributed by atoms with Crippen molar-refractivity contribution >= 4 is 11.6 Å². The van der Waals surface area contributed by atoms with E-state index < -0.39 is 0 Å². The maximum absolute atomic E-state index is 6.41. The summed E-state index contributed by atoms with van der Waals surface area (Å²) in [5, 5.41) is -0.137. The molecule has 0 spiro atoms. The van der Waals surface area contributed by atoms with Crippen LogP contribution in [0.2, 0.25) is 0 Å². The van der Waals surface area contributed by atoms with Gasteiger partial charge in [0.15, 0.2) is 0 Å². The van der Waals surface area contributed by atoms with Crippen LogP contribution in [-0.4, -0.2) is 0 Å². The fourth-order valence-electron chi connectivity index (χ4n) is 1.92. The second-order valence-corrected chi connectivity index (χ2v) is 5.72. The molecule has 2 rings (SSSR count). The Morgan fingerprint density at radius 3 is 2.28 bits per heavy atom. The van der Waals surface area contributed by atoms with Crippen LogP contribution in [0, 0.1) is 0 Å². The van der Waals surface area contributed by atoms with Gasteiger partial charge in [0.05, 0.1) is 17.9 Å². The van der Waals surface area contributed by atoms with E-state index in [4.69, 9.17) is 16.0 Å². The Balaban J connectivity index is 2.23. The van der Waals surface area contributed by atoms with Crippen LogP contribution in [0.5, 0.6) is 0 Å². The third kappa shape index (κ3) is 2.62. The van der Waals surface area contributed by atoms with Gasteiger partial charge in [0, 0.05) is 5.56 Å². The summed E-state index contributed by atoms with van der Waals surface area (Å²) in [6.45, 7) is 6.73. The van der Waals surface area contributed by atoms with Crippen LogP contribution in [0.25, 0.3) is 0 Å². The number of hydrogen-bond donors (Lipinski definition) is 0. The van der Waals surface area contributed by atoms with Gasteiger partial charge in [0.1, 0.15) is 0 Å². The minimum atomic E-state index is -0.137. The van der Waals surface area contributed by atoms with Crippen molar-refractivity contribution in [3.05, 3.63) is 59.5 Å². The average Bonchev–Trinajstić information content (AvgIpc) is 2.92. The lowest BCUT2D eigenvalue weighted by Crippen LogP contribution is -2.15. The van der Waals surface area contributed by atoms with Gasteiger partial charge in [-0.1, -0.05) is 45.0 Å². The topological polar surface area (TPSA) is 13.1 Å². The maximum atomic E-state index is 6.41. The van der Waals surface area contributed by atoms with Crippen LogP contribution in [-0.2, 0) is 5.41 Å². The van der Waals surface area contributed by atoms with Crippen LogP contribution < -0.4 is 0 Å². The average molecular weight is 263 g/mol. The zero-order valence-electron chi connectivity index (χ0n) is 11.1. The summed E-state index contributed by atoms with van der Waals surface area (Å²) < 4.78 is 5.07. The molecule has 0 radical (unpaired) electrons. The summed E-state index contributed by atoms with van der Waals surface area (Å²) in [4.78, 5) is 0. The van der Waals surface area contributed by atoms with Crippen molar-refractivity contribution in [3.63, 3.8) is 0 Å². The highest BCUT2D eigenvalue weighted by atomic mass is 35.5. The standard InChI is InChI=1S/C16H19ClO/c1-4-16(2,3)14-7-5-12(6-8-14)15(17)13-9-10-18-11-13/h5-11,15H,4H2,1-3H3. The van der Waals surface area contributed by atoms with Gasteiger partial charge in [-0.2, -0.15) is 0 Å². The molecule has 1 unspecified atom stereocenters. The maximum Gasteiger partial charge on any atom is 0.0952 e. The Morgan fingerprint density at radius 2 is 1.78 bits per heavy atom. The zero-order chi connectivity index (χ0) is 13.2. The van der Waals surface area contributed by atoms with Gasteiger partial charge in [-0.15, -0.1) is 11.6 Å². The molecule has 0 aliphatic rings. The smallest absolute Gasteiger partial charge is 0.0952 e. The van der Waals surface area contributed by atoms with E-state index in [-0.39, 0.29) is 10.8 Å². The van der Waals surface area contributed by atoms with E-state index in [1.54, 1.807) is 12.5 Å². The lowest BCUT2D eigenvalue weighted by Gasteiger charge is -2.23. The molecule has 0 saturated carbocycles. The van der Waals surface area contributed by atoms with Crippen molar-refractivity contribution in [2.24, 2.45) is 0 Å². The summed E-state index contributed by atoms with van der Waals surface area (Å²) in [5.41, 5.74) is 3.67. The van der Waals surface area contributed by atoms with Gasteiger partial charge < -0.3 is 4.42 Å². The minimum Gasteiger partial charge on any atom is -0.472 e. The van der Waals surface area contributed by atoms with Gasteiger partial charge in [-0.3, -0.25) is 0 Å². The first-order valence-electron chi connectivity index (χ1n) is 6.31. The van der Waals surface area contributed by atoms with Crippen molar-refractivity contribution in [3.8, 4) is 0 Å². The third-order valence-corrected chi connectivity index (χ3v) is 4.21. The number of alkyl halides is 1. The molecule has 0 N–H and O–H groups in total. The Hall–Kier alpha value is -1.21. The molecular weight excluding hydrogens is 244 g/mol. The van der Waals surface area contributed by atoms with E-state index in [0.29, 0.717) is 0 Å². The molecule has 18 heavy (non-hydrogen) atoms. The van der Waals surface area contributed by atoms with Gasteiger partial charge in [0.25, 0.3) is 0 Å². The number of hydrogen-bond acceptors (Lipinski definition) is 1. The molecule has 2 heteroatoms. The van der Waals surface area contributed by atoms with Crippen molar-refractivity contribution in [2.45, 2.75) is 38.0 Å². The molecule has 0 aliphatic heterocycles. The largest absolute Gasteiger partial charge is 0.472 e. The van der Waals surface area contributed by atoms with E-state index in [2.05, 4.69) is 45.0 Å². The van der Waals surface area contributed by atoms with Crippen LogP contribution in [0.3, 0.4) is 0 Å². The summed E-state index contributed by atoms with van der Waals surface area (Å²) in [6, 6.07) is 10.5. The van der Waals surface area contributed by atoms with E-state index in [0.717, 1.165) is 17.5 Å². The van der Waals surface area contributed by atoms with E-state index in [1.165, 1.54) is 5.56 Å². The first-order chi connectivity index (χ1) is 8.54. The van der Waals surface area contributed by atoms with Crippen LogP contribution >= 0.6 is 11.6 Å². The fraction of sp³-hybridized carbons (Fsp3) is 0.375. The monoisotopic (exact) mass is 262 g/mol. The van der Waals surface area contributed by atoms with Gasteiger partial charge in [-0.05, 0) is 29.0 Å². The molecule has 0 aliphatic carbocycles. The summed E-state index contributed by atoms with van der Waals surface area (Å²) in [7, 11) is 0. The molecule has 96 valence electrons. The number of benzene rings is 1. The quantitative estimate of drug-likeness (QED) is 0.682. The third-order valence-electron chi connectivity index (χ3n) is 3.70. The van der Waals surface area contributed by atoms with Gasteiger partial charge in [-0.25, -0.2) is 0 Å². The van der Waals surface area contributed by atoms with Crippen molar-refractivity contribution < 1.29 is 4.42 Å². The summed E-state index contributed by atoms with van der Waals surface area (Å²) in [5.74, 6) is 0. The number of furan rings is 1.